The minimum atomic E-state index is -4.45. The lowest BCUT2D eigenvalue weighted by molar-refractivity contribution is -0.870. The van der Waals surface area contributed by atoms with E-state index in [1.807, 2.05) is 33.3 Å². The van der Waals surface area contributed by atoms with Gasteiger partial charge in [0.15, 0.2) is 0 Å². The predicted octanol–water partition coefficient (Wildman–Crippen LogP) is 20.0. The molecule has 0 aromatic rings. The fraction of sp³-hybridized carbons (Fsp3) is 0.791. The van der Waals surface area contributed by atoms with Crippen LogP contribution in [-0.2, 0) is 27.9 Å². The Morgan fingerprint density at radius 2 is 0.831 bits per heavy atom. The molecule has 0 saturated heterocycles. The number of carbonyl (C=O) groups excluding carboxylic acids is 2. The average molecular weight is 1100 g/mol. The van der Waals surface area contributed by atoms with Gasteiger partial charge in [-0.15, -0.1) is 0 Å². The van der Waals surface area contributed by atoms with E-state index < -0.39 is 20.0 Å². The molecule has 3 atom stereocenters. The monoisotopic (exact) mass is 1100 g/mol. The topological polar surface area (TPSA) is 111 Å². The second-order valence-corrected chi connectivity index (χ2v) is 24.4. The average Bonchev–Trinajstić information content (AvgIpc) is 3.39. The third kappa shape index (κ3) is 57.9. The van der Waals surface area contributed by atoms with E-state index in [0.717, 1.165) is 89.9 Å². The Kier molecular flexibility index (Phi) is 54.8. The number of phosphoric ester groups is 1. The molecule has 9 nitrogen and oxygen atoms in total. The molecule has 2 N–H and O–H groups in total. The number of amides is 1. The van der Waals surface area contributed by atoms with Crippen LogP contribution in [0.2, 0.25) is 0 Å². The summed E-state index contributed by atoms with van der Waals surface area (Å²) in [5.74, 6) is -0.503. The van der Waals surface area contributed by atoms with Crippen molar-refractivity contribution in [1.29, 1.82) is 0 Å². The van der Waals surface area contributed by atoms with Crippen LogP contribution in [0.25, 0.3) is 0 Å². The van der Waals surface area contributed by atoms with Crippen LogP contribution in [0.15, 0.2) is 72.9 Å². The molecule has 0 bridgehead atoms. The van der Waals surface area contributed by atoms with Gasteiger partial charge in [-0.25, -0.2) is 4.57 Å². The van der Waals surface area contributed by atoms with Crippen LogP contribution in [0.1, 0.15) is 290 Å². The van der Waals surface area contributed by atoms with Crippen molar-refractivity contribution in [2.75, 3.05) is 40.9 Å². The second kappa shape index (κ2) is 56.7. The SMILES string of the molecule is CC/C=C\C/C=C\C/C=C\C/C=C\C/C=C\CCCCCCCCCCCCCC(=O)OC(/C=C\CCCCCCCCCCCCC)C(COP(=O)(O)OCC[N+](C)(C)C)NC(=O)CCCCCCCCCCCCC. The molecule has 0 heterocycles. The summed E-state index contributed by atoms with van der Waals surface area (Å²) in [6.45, 7) is 6.91. The van der Waals surface area contributed by atoms with Gasteiger partial charge in [0.25, 0.3) is 0 Å². The summed E-state index contributed by atoms with van der Waals surface area (Å²) >= 11 is 0. The molecule has 0 rings (SSSR count). The number of hydrogen-bond acceptors (Lipinski definition) is 6. The Balaban J connectivity index is 5.05. The molecule has 0 aliphatic rings. The van der Waals surface area contributed by atoms with Gasteiger partial charge in [0.1, 0.15) is 19.3 Å². The minimum Gasteiger partial charge on any atom is -0.456 e. The van der Waals surface area contributed by atoms with Crippen LogP contribution in [-0.4, -0.2) is 74.3 Å². The number of rotatable bonds is 58. The van der Waals surface area contributed by atoms with Crippen molar-refractivity contribution in [3.63, 3.8) is 0 Å². The first-order chi connectivity index (χ1) is 37.4. The number of nitrogens with zero attached hydrogens (tertiary/aromatic N) is 1. The van der Waals surface area contributed by atoms with Crippen LogP contribution in [0.4, 0.5) is 0 Å². The number of likely N-dealkylation sites (N-methyl/N-ethyl adjacent to an activating group) is 1. The van der Waals surface area contributed by atoms with E-state index >= 15 is 0 Å². The van der Waals surface area contributed by atoms with E-state index in [1.54, 1.807) is 0 Å². The third-order valence-corrected chi connectivity index (χ3v) is 15.1. The number of ether oxygens (including phenoxy) is 1. The molecule has 10 heteroatoms. The first-order valence-electron chi connectivity index (χ1n) is 32.3. The summed E-state index contributed by atoms with van der Waals surface area (Å²) in [6, 6.07) is -0.848. The standard InChI is InChI=1S/C67H123N2O7P/c1-7-10-13-16-19-22-25-27-28-29-30-31-32-33-34-35-36-37-38-39-40-42-45-48-51-54-57-60-67(71)76-65(58-55-52-49-46-44-41-26-23-20-17-14-11-8-2)64(63-75-77(72,73)74-62-61-69(4,5)6)68-66(70)59-56-53-50-47-43-24-21-18-15-12-9-3/h10,13,19,22,27-28,30-31,33-34,55,58,64-65H,7-9,11-12,14-18,20-21,23-26,29,32,35-54,56-57,59-63H2,1-6H3,(H-,68,70,72,73)/p+1/b13-10-,22-19-,28-27-,31-30-,34-33-,58-55-. The molecule has 0 aliphatic carbocycles. The summed E-state index contributed by atoms with van der Waals surface area (Å²) in [6.07, 6.45) is 73.3. The number of hydrogen-bond donors (Lipinski definition) is 2. The molecule has 0 fully saturated rings. The fourth-order valence-corrected chi connectivity index (χ4v) is 9.94. The van der Waals surface area contributed by atoms with Gasteiger partial charge in [0.2, 0.25) is 5.91 Å². The third-order valence-electron chi connectivity index (χ3n) is 14.2. The Labute approximate surface area is 476 Å². The second-order valence-electron chi connectivity index (χ2n) is 22.9. The smallest absolute Gasteiger partial charge is 0.456 e. The zero-order valence-electron chi connectivity index (χ0n) is 51.2. The van der Waals surface area contributed by atoms with E-state index in [9.17, 15) is 19.0 Å². The van der Waals surface area contributed by atoms with Gasteiger partial charge in [-0.1, -0.05) is 274 Å². The van der Waals surface area contributed by atoms with Gasteiger partial charge in [0.05, 0.1) is 33.8 Å². The molecule has 0 aromatic carbocycles. The number of carbonyl (C=O) groups is 2. The molecule has 0 aromatic heterocycles. The molecular weight excluding hydrogens is 976 g/mol. The predicted molar refractivity (Wildman–Crippen MR) is 332 cm³/mol. The van der Waals surface area contributed by atoms with Gasteiger partial charge in [0, 0.05) is 12.8 Å². The van der Waals surface area contributed by atoms with Crippen LogP contribution < -0.4 is 5.32 Å². The normalized spacial score (nSPS) is 14.1. The first-order valence-corrected chi connectivity index (χ1v) is 33.8. The Morgan fingerprint density at radius 3 is 1.25 bits per heavy atom. The Hall–Kier alpha value is -2.55. The lowest BCUT2D eigenvalue weighted by atomic mass is 10.0. The molecule has 3 unspecified atom stereocenters. The highest BCUT2D eigenvalue weighted by Crippen LogP contribution is 2.43. The van der Waals surface area contributed by atoms with Gasteiger partial charge >= 0.3 is 13.8 Å². The molecule has 448 valence electrons. The van der Waals surface area contributed by atoms with Gasteiger partial charge in [-0.05, 0) is 76.7 Å². The van der Waals surface area contributed by atoms with Crippen molar-refractivity contribution in [3.05, 3.63) is 72.9 Å². The first kappa shape index (κ1) is 74.5. The maximum Gasteiger partial charge on any atom is 0.472 e. The molecule has 0 spiro atoms. The summed E-state index contributed by atoms with van der Waals surface area (Å²) in [7, 11) is 1.50. The lowest BCUT2D eigenvalue weighted by Crippen LogP contribution is -2.47. The number of allylic oxidation sites excluding steroid dienone is 11. The zero-order chi connectivity index (χ0) is 56.4. The number of esters is 1. The van der Waals surface area contributed by atoms with Crippen molar-refractivity contribution < 1.29 is 37.3 Å². The number of quaternary nitrogens is 1. The van der Waals surface area contributed by atoms with Crippen LogP contribution in [0.3, 0.4) is 0 Å². The van der Waals surface area contributed by atoms with Gasteiger partial charge in [-0.2, -0.15) is 0 Å². The largest absolute Gasteiger partial charge is 0.472 e. The summed E-state index contributed by atoms with van der Waals surface area (Å²) in [5.41, 5.74) is 0. The Morgan fingerprint density at radius 1 is 0.468 bits per heavy atom. The van der Waals surface area contributed by atoms with Crippen LogP contribution in [0, 0.1) is 0 Å². The number of phosphoric acid groups is 1. The van der Waals surface area contributed by atoms with Gasteiger partial charge in [-0.3, -0.25) is 18.6 Å². The summed E-state index contributed by atoms with van der Waals surface area (Å²) in [5, 5.41) is 3.05. The number of nitrogens with one attached hydrogen (secondary N) is 1. The van der Waals surface area contributed by atoms with Crippen molar-refractivity contribution in [1.82, 2.24) is 5.32 Å². The molecule has 0 aliphatic heterocycles. The van der Waals surface area contributed by atoms with Crippen molar-refractivity contribution in [2.24, 2.45) is 0 Å². The molecule has 0 saturated carbocycles. The van der Waals surface area contributed by atoms with Crippen molar-refractivity contribution >= 4 is 19.7 Å². The van der Waals surface area contributed by atoms with E-state index in [1.165, 1.54) is 167 Å². The molecule has 1 amide bonds. The molecule has 77 heavy (non-hydrogen) atoms. The van der Waals surface area contributed by atoms with Crippen LogP contribution >= 0.6 is 7.82 Å². The highest BCUT2D eigenvalue weighted by molar-refractivity contribution is 7.47. The maximum atomic E-state index is 13.5. The highest BCUT2D eigenvalue weighted by Gasteiger charge is 2.30. The summed E-state index contributed by atoms with van der Waals surface area (Å²) in [4.78, 5) is 37.7. The Bertz CT molecular complexity index is 1550. The highest BCUT2D eigenvalue weighted by atomic mass is 31.2. The van der Waals surface area contributed by atoms with E-state index in [4.69, 9.17) is 13.8 Å². The quantitative estimate of drug-likeness (QED) is 0.0205. The van der Waals surface area contributed by atoms with E-state index in [-0.39, 0.29) is 31.5 Å². The van der Waals surface area contributed by atoms with Crippen molar-refractivity contribution in [2.45, 2.75) is 303 Å². The maximum absolute atomic E-state index is 13.5. The zero-order valence-corrected chi connectivity index (χ0v) is 52.1. The molecule has 0 radical (unpaired) electrons. The lowest BCUT2D eigenvalue weighted by Gasteiger charge is -2.27. The van der Waals surface area contributed by atoms with E-state index in [2.05, 4.69) is 86.8 Å². The van der Waals surface area contributed by atoms with E-state index in [0.29, 0.717) is 17.4 Å². The number of unbranched alkanes of at least 4 members (excludes halogenated alkanes) is 32. The molecular formula is C67H124N2O7P+. The van der Waals surface area contributed by atoms with Crippen LogP contribution in [0.5, 0.6) is 0 Å². The minimum absolute atomic E-state index is 0.0396. The fourth-order valence-electron chi connectivity index (χ4n) is 9.20. The summed E-state index contributed by atoms with van der Waals surface area (Å²) < 4.78 is 30.7. The van der Waals surface area contributed by atoms with Gasteiger partial charge < -0.3 is 19.4 Å². The van der Waals surface area contributed by atoms with Crippen molar-refractivity contribution in [3.8, 4) is 0 Å².